The second-order valence-corrected chi connectivity index (χ2v) is 7.57. The smallest absolute Gasteiger partial charge is 0.410 e. The molecule has 0 spiro atoms. The van der Waals surface area contributed by atoms with Crippen LogP contribution in [0.15, 0.2) is 30.3 Å². The third-order valence-corrected chi connectivity index (χ3v) is 5.59. The lowest BCUT2D eigenvalue weighted by Crippen LogP contribution is -2.47. The molecule has 2 saturated heterocycles. The maximum Gasteiger partial charge on any atom is 0.415 e. The number of ether oxygens (including phenoxy) is 1. The number of benzene rings is 1. The normalized spacial score (nSPS) is 19.2. The monoisotopic (exact) mass is 363 g/mol. The SMILES string of the molecule is O=C(NC1CCSCC1)N1CCCN(C(=O)Oc2ccccc2)CC1. The number of nitrogens with one attached hydrogen (secondary N) is 1. The van der Waals surface area contributed by atoms with Crippen LogP contribution in [0, 0.1) is 0 Å². The molecule has 0 saturated carbocycles. The molecule has 0 bridgehead atoms. The van der Waals surface area contributed by atoms with Crippen LogP contribution in [0.1, 0.15) is 19.3 Å². The Morgan fingerprint density at radius 1 is 1.00 bits per heavy atom. The van der Waals surface area contributed by atoms with Crippen molar-refractivity contribution in [3.63, 3.8) is 0 Å². The Kier molecular flexibility index (Phi) is 6.44. The molecule has 2 heterocycles. The Morgan fingerprint density at radius 2 is 1.68 bits per heavy atom. The van der Waals surface area contributed by atoms with Crippen molar-refractivity contribution in [3.8, 4) is 5.75 Å². The van der Waals surface area contributed by atoms with E-state index in [2.05, 4.69) is 5.32 Å². The van der Waals surface area contributed by atoms with Gasteiger partial charge >= 0.3 is 12.1 Å². The minimum Gasteiger partial charge on any atom is -0.410 e. The van der Waals surface area contributed by atoms with Crippen molar-refractivity contribution >= 4 is 23.9 Å². The predicted molar refractivity (Wildman–Crippen MR) is 99.1 cm³/mol. The summed E-state index contributed by atoms with van der Waals surface area (Å²) in [7, 11) is 0. The first kappa shape index (κ1) is 17.9. The zero-order valence-corrected chi connectivity index (χ0v) is 15.2. The van der Waals surface area contributed by atoms with Crippen molar-refractivity contribution in [1.82, 2.24) is 15.1 Å². The van der Waals surface area contributed by atoms with E-state index < -0.39 is 0 Å². The lowest BCUT2D eigenvalue weighted by atomic mass is 10.1. The van der Waals surface area contributed by atoms with Gasteiger partial charge in [-0.2, -0.15) is 11.8 Å². The highest BCUT2D eigenvalue weighted by Crippen LogP contribution is 2.17. The number of thioether (sulfide) groups is 1. The van der Waals surface area contributed by atoms with Gasteiger partial charge in [0.2, 0.25) is 0 Å². The number of hydrogen-bond acceptors (Lipinski definition) is 4. The van der Waals surface area contributed by atoms with E-state index in [1.165, 1.54) is 0 Å². The number of carbonyl (C=O) groups is 2. The van der Waals surface area contributed by atoms with Gasteiger partial charge in [0.25, 0.3) is 0 Å². The van der Waals surface area contributed by atoms with Crippen molar-refractivity contribution < 1.29 is 14.3 Å². The number of para-hydroxylation sites is 1. The summed E-state index contributed by atoms with van der Waals surface area (Å²) < 4.78 is 5.39. The molecular weight excluding hydrogens is 338 g/mol. The Labute approximate surface area is 152 Å². The van der Waals surface area contributed by atoms with E-state index in [4.69, 9.17) is 4.74 Å². The Balaban J connectivity index is 1.48. The Morgan fingerprint density at radius 3 is 2.44 bits per heavy atom. The molecule has 3 amide bonds. The fourth-order valence-electron chi connectivity index (χ4n) is 3.06. The number of rotatable bonds is 2. The third-order valence-electron chi connectivity index (χ3n) is 4.54. The molecule has 6 nitrogen and oxygen atoms in total. The van der Waals surface area contributed by atoms with Crippen LogP contribution in [0.2, 0.25) is 0 Å². The van der Waals surface area contributed by atoms with Crippen molar-refractivity contribution in [3.05, 3.63) is 30.3 Å². The Hall–Kier alpha value is -1.89. The lowest BCUT2D eigenvalue weighted by Gasteiger charge is -2.27. The number of nitrogens with zero attached hydrogens (tertiary/aromatic N) is 2. The molecule has 3 rings (SSSR count). The summed E-state index contributed by atoms with van der Waals surface area (Å²) in [5.74, 6) is 2.77. The number of urea groups is 1. The van der Waals surface area contributed by atoms with E-state index in [9.17, 15) is 9.59 Å². The minimum absolute atomic E-state index is 0.00447. The molecule has 0 radical (unpaired) electrons. The van der Waals surface area contributed by atoms with Crippen LogP contribution in [-0.4, -0.2) is 65.7 Å². The molecule has 0 aromatic heterocycles. The summed E-state index contributed by atoms with van der Waals surface area (Å²) in [4.78, 5) is 28.3. The van der Waals surface area contributed by atoms with Crippen LogP contribution >= 0.6 is 11.8 Å². The highest BCUT2D eigenvalue weighted by Gasteiger charge is 2.25. The first-order valence-electron chi connectivity index (χ1n) is 8.87. The molecule has 1 aromatic rings. The highest BCUT2D eigenvalue weighted by molar-refractivity contribution is 7.99. The zero-order valence-electron chi connectivity index (χ0n) is 14.4. The van der Waals surface area contributed by atoms with Crippen LogP contribution in [0.3, 0.4) is 0 Å². The minimum atomic E-state index is -0.349. The van der Waals surface area contributed by atoms with Gasteiger partial charge in [-0.25, -0.2) is 9.59 Å². The summed E-state index contributed by atoms with van der Waals surface area (Å²) in [5.41, 5.74) is 0. The maximum absolute atomic E-state index is 12.5. The van der Waals surface area contributed by atoms with Gasteiger partial charge in [-0.3, -0.25) is 0 Å². The van der Waals surface area contributed by atoms with Gasteiger partial charge in [0.1, 0.15) is 5.75 Å². The highest BCUT2D eigenvalue weighted by atomic mass is 32.2. The van der Waals surface area contributed by atoms with Gasteiger partial charge in [-0.15, -0.1) is 0 Å². The van der Waals surface area contributed by atoms with Crippen molar-refractivity contribution in [1.29, 1.82) is 0 Å². The average molecular weight is 363 g/mol. The summed E-state index contributed by atoms with van der Waals surface area (Å²) >= 11 is 1.95. The molecule has 1 N–H and O–H groups in total. The molecule has 1 aromatic carbocycles. The molecule has 0 unspecified atom stereocenters. The van der Waals surface area contributed by atoms with Crippen LogP contribution in [0.5, 0.6) is 5.75 Å². The zero-order chi connectivity index (χ0) is 17.5. The van der Waals surface area contributed by atoms with Crippen LogP contribution in [0.25, 0.3) is 0 Å². The first-order chi connectivity index (χ1) is 12.2. The van der Waals surface area contributed by atoms with Crippen LogP contribution in [0.4, 0.5) is 9.59 Å². The average Bonchev–Trinajstić information content (AvgIpc) is 2.90. The maximum atomic E-state index is 12.5. The fourth-order valence-corrected chi connectivity index (χ4v) is 4.17. The molecule has 2 aliphatic heterocycles. The van der Waals surface area contributed by atoms with Gasteiger partial charge in [0.05, 0.1) is 0 Å². The van der Waals surface area contributed by atoms with Crippen LogP contribution < -0.4 is 10.1 Å². The lowest BCUT2D eigenvalue weighted by molar-refractivity contribution is 0.153. The van der Waals surface area contributed by atoms with Gasteiger partial charge in [0, 0.05) is 32.2 Å². The summed E-state index contributed by atoms with van der Waals surface area (Å²) in [6.07, 6.45) is 2.50. The summed E-state index contributed by atoms with van der Waals surface area (Å²) in [5, 5.41) is 3.14. The van der Waals surface area contributed by atoms with Crippen molar-refractivity contribution in [2.24, 2.45) is 0 Å². The standard InChI is InChI=1S/C18H25N3O3S/c22-17(19-15-7-13-25-14-8-15)20-9-4-10-21(12-11-20)18(23)24-16-5-2-1-3-6-16/h1-3,5-6,15H,4,7-14H2,(H,19,22). The quantitative estimate of drug-likeness (QED) is 0.878. The molecule has 0 atom stereocenters. The molecule has 2 fully saturated rings. The summed E-state index contributed by atoms with van der Waals surface area (Å²) in [6, 6.07) is 9.36. The molecule has 25 heavy (non-hydrogen) atoms. The first-order valence-corrected chi connectivity index (χ1v) is 10.0. The van der Waals surface area contributed by atoms with E-state index in [0.717, 1.165) is 30.8 Å². The Bertz CT molecular complexity index is 578. The predicted octanol–water partition coefficient (Wildman–Crippen LogP) is 2.80. The molecule has 0 aliphatic carbocycles. The number of hydrogen-bond donors (Lipinski definition) is 1. The third kappa shape index (κ3) is 5.29. The number of amides is 3. The second-order valence-electron chi connectivity index (χ2n) is 6.34. The van der Waals surface area contributed by atoms with Crippen molar-refractivity contribution in [2.75, 3.05) is 37.7 Å². The van der Waals surface area contributed by atoms with Crippen LogP contribution in [-0.2, 0) is 0 Å². The van der Waals surface area contributed by atoms with Crippen molar-refractivity contribution in [2.45, 2.75) is 25.3 Å². The van der Waals surface area contributed by atoms with E-state index in [-0.39, 0.29) is 18.2 Å². The van der Waals surface area contributed by atoms with Gasteiger partial charge in [-0.05, 0) is 42.9 Å². The largest absolute Gasteiger partial charge is 0.415 e. The summed E-state index contributed by atoms with van der Waals surface area (Å²) in [6.45, 7) is 2.31. The number of carbonyl (C=O) groups excluding carboxylic acids is 2. The second kappa shape index (κ2) is 8.99. The topological polar surface area (TPSA) is 61.9 Å². The molecule has 2 aliphatic rings. The van der Waals surface area contributed by atoms with Gasteiger partial charge in [-0.1, -0.05) is 18.2 Å². The van der Waals surface area contributed by atoms with Gasteiger partial charge < -0.3 is 19.9 Å². The molecular formula is C18H25N3O3S. The van der Waals surface area contributed by atoms with E-state index in [0.29, 0.717) is 31.9 Å². The fraction of sp³-hybridized carbons (Fsp3) is 0.556. The van der Waals surface area contributed by atoms with Gasteiger partial charge in [0.15, 0.2) is 0 Å². The van der Waals surface area contributed by atoms with E-state index in [1.807, 2.05) is 34.9 Å². The van der Waals surface area contributed by atoms with E-state index >= 15 is 0 Å². The molecule has 136 valence electrons. The van der Waals surface area contributed by atoms with E-state index in [1.54, 1.807) is 17.0 Å². The molecule has 7 heteroatoms.